The highest BCUT2D eigenvalue weighted by Crippen LogP contribution is 2.18. The molecule has 2 aliphatic rings. The second kappa shape index (κ2) is 5.57. The maximum absolute atomic E-state index is 13.3. The third-order valence-corrected chi connectivity index (χ3v) is 4.84. The first kappa shape index (κ1) is 13.0. The van der Waals surface area contributed by atoms with Crippen LogP contribution in [0.15, 0.2) is 18.2 Å². The molecule has 0 amide bonds. The van der Waals surface area contributed by atoms with E-state index in [1.165, 1.54) is 43.9 Å². The second-order valence-electron chi connectivity index (χ2n) is 5.89. The molecule has 0 aromatic heterocycles. The van der Waals surface area contributed by atoms with Crippen molar-refractivity contribution >= 4 is 0 Å². The van der Waals surface area contributed by atoms with Crippen molar-refractivity contribution in [2.45, 2.75) is 19.5 Å². The highest BCUT2D eigenvalue weighted by Gasteiger charge is 2.34. The molecule has 19 heavy (non-hydrogen) atoms. The molecular weight excluding hydrogens is 241 g/mol. The summed E-state index contributed by atoms with van der Waals surface area (Å²) in [5.41, 5.74) is 2.59. The molecule has 2 aliphatic heterocycles. The first-order valence-electron chi connectivity index (χ1n) is 7.56. The fourth-order valence-electron chi connectivity index (χ4n) is 3.64. The molecule has 4 heteroatoms. The quantitative estimate of drug-likeness (QED) is 0.539. The maximum Gasteiger partial charge on any atom is 0.163 e. The van der Waals surface area contributed by atoms with Gasteiger partial charge in [0, 0.05) is 11.1 Å². The van der Waals surface area contributed by atoms with E-state index in [9.17, 15) is 4.39 Å². The van der Waals surface area contributed by atoms with Crippen molar-refractivity contribution in [2.75, 3.05) is 39.3 Å². The predicted molar refractivity (Wildman–Crippen MR) is 71.6 cm³/mol. The highest BCUT2D eigenvalue weighted by atomic mass is 19.1. The number of fused-ring (bicyclic) bond motifs is 1. The van der Waals surface area contributed by atoms with Crippen molar-refractivity contribution in [3.63, 3.8) is 0 Å². The van der Waals surface area contributed by atoms with Gasteiger partial charge in [0.2, 0.25) is 0 Å². The molecule has 1 aromatic rings. The van der Waals surface area contributed by atoms with Gasteiger partial charge in [-0.15, -0.1) is 0 Å². The Kier molecular flexibility index (Phi) is 3.82. The SMILES string of the molecule is CC[NH+]1CC[NH+]([C@@H]2C[NH2+]Cc3cc(F)ccc32)CC1. The summed E-state index contributed by atoms with van der Waals surface area (Å²) in [6.45, 7) is 10.6. The Morgan fingerprint density at radius 1 is 1.26 bits per heavy atom. The van der Waals surface area contributed by atoms with Crippen LogP contribution in [0.25, 0.3) is 0 Å². The van der Waals surface area contributed by atoms with Gasteiger partial charge < -0.3 is 15.1 Å². The summed E-state index contributed by atoms with van der Waals surface area (Å²) >= 11 is 0. The van der Waals surface area contributed by atoms with Gasteiger partial charge in [-0.3, -0.25) is 0 Å². The van der Waals surface area contributed by atoms with Crippen LogP contribution in [0.2, 0.25) is 0 Å². The number of halogens is 1. The number of nitrogens with two attached hydrogens (primary N) is 1. The smallest absolute Gasteiger partial charge is 0.163 e. The first-order valence-corrected chi connectivity index (χ1v) is 7.56. The fraction of sp³-hybridized carbons (Fsp3) is 0.600. The molecule has 0 unspecified atom stereocenters. The summed E-state index contributed by atoms with van der Waals surface area (Å²) in [5, 5.41) is 2.33. The molecule has 1 aromatic carbocycles. The minimum atomic E-state index is -0.0944. The molecule has 104 valence electrons. The van der Waals surface area contributed by atoms with Crippen LogP contribution < -0.4 is 15.1 Å². The Balaban J connectivity index is 1.77. The predicted octanol–water partition coefficient (Wildman–Crippen LogP) is -2.25. The zero-order valence-electron chi connectivity index (χ0n) is 11.7. The van der Waals surface area contributed by atoms with Crippen LogP contribution in [0, 0.1) is 5.82 Å². The standard InChI is InChI=1S/C15H22FN3/c1-2-18-5-7-19(8-6-18)15-11-17-10-12-9-13(16)3-4-14(12)15/h3-4,9,15,17H,2,5-8,10-11H2,1H3/p+3/t15-/m1/s1. The fourth-order valence-corrected chi connectivity index (χ4v) is 3.64. The van der Waals surface area contributed by atoms with Crippen LogP contribution in [0.4, 0.5) is 4.39 Å². The molecule has 0 spiro atoms. The van der Waals surface area contributed by atoms with Crippen LogP contribution in [-0.4, -0.2) is 39.3 Å². The molecule has 0 aliphatic carbocycles. The van der Waals surface area contributed by atoms with E-state index in [-0.39, 0.29) is 5.82 Å². The molecule has 3 rings (SSSR count). The number of rotatable bonds is 2. The molecule has 2 heterocycles. The minimum Gasteiger partial charge on any atom is -0.337 e. The summed E-state index contributed by atoms with van der Waals surface area (Å²) < 4.78 is 13.3. The Labute approximate surface area is 114 Å². The molecule has 0 saturated carbocycles. The van der Waals surface area contributed by atoms with Crippen molar-refractivity contribution in [1.29, 1.82) is 0 Å². The number of nitrogens with one attached hydrogen (secondary N) is 2. The van der Waals surface area contributed by atoms with Gasteiger partial charge >= 0.3 is 0 Å². The lowest BCUT2D eigenvalue weighted by atomic mass is 9.95. The molecule has 1 atom stereocenters. The largest absolute Gasteiger partial charge is 0.337 e. The van der Waals surface area contributed by atoms with Crippen LogP contribution in [-0.2, 0) is 6.54 Å². The lowest BCUT2D eigenvalue weighted by Crippen LogP contribution is -3.28. The highest BCUT2D eigenvalue weighted by molar-refractivity contribution is 5.30. The Morgan fingerprint density at radius 2 is 2.05 bits per heavy atom. The van der Waals surface area contributed by atoms with Gasteiger partial charge in [0.05, 0.1) is 6.54 Å². The van der Waals surface area contributed by atoms with Crippen LogP contribution in [0.1, 0.15) is 24.1 Å². The summed E-state index contributed by atoms with van der Waals surface area (Å²) in [4.78, 5) is 3.42. The van der Waals surface area contributed by atoms with Gasteiger partial charge in [0.1, 0.15) is 45.1 Å². The second-order valence-corrected chi connectivity index (χ2v) is 5.89. The zero-order chi connectivity index (χ0) is 13.2. The monoisotopic (exact) mass is 266 g/mol. The van der Waals surface area contributed by atoms with Gasteiger partial charge in [-0.1, -0.05) is 0 Å². The van der Waals surface area contributed by atoms with E-state index in [0.717, 1.165) is 13.1 Å². The maximum atomic E-state index is 13.3. The molecule has 3 nitrogen and oxygen atoms in total. The first-order chi connectivity index (χ1) is 9.28. The molecule has 0 radical (unpaired) electrons. The van der Waals surface area contributed by atoms with E-state index >= 15 is 0 Å². The van der Waals surface area contributed by atoms with Crippen LogP contribution in [0.3, 0.4) is 0 Å². The lowest BCUT2D eigenvalue weighted by Gasteiger charge is -2.35. The summed E-state index contributed by atoms with van der Waals surface area (Å²) in [6, 6.07) is 5.94. The number of benzene rings is 1. The van der Waals surface area contributed by atoms with Crippen LogP contribution >= 0.6 is 0 Å². The molecule has 1 fully saturated rings. The Bertz CT molecular complexity index is 441. The van der Waals surface area contributed by atoms with Gasteiger partial charge in [0.15, 0.2) is 6.04 Å². The molecular formula is C15H25FN3+3. The Morgan fingerprint density at radius 3 is 2.79 bits per heavy atom. The van der Waals surface area contributed by atoms with E-state index in [1.807, 2.05) is 6.07 Å². The topological polar surface area (TPSA) is 25.5 Å². The molecule has 4 N–H and O–H groups in total. The van der Waals surface area contributed by atoms with Crippen molar-refractivity contribution < 1.29 is 19.5 Å². The van der Waals surface area contributed by atoms with E-state index in [2.05, 4.69) is 12.2 Å². The number of likely N-dealkylation sites (N-methyl/N-ethyl adjacent to an activating group) is 1. The number of hydrogen-bond donors (Lipinski definition) is 3. The molecule has 0 bridgehead atoms. The van der Waals surface area contributed by atoms with Crippen molar-refractivity contribution in [3.05, 3.63) is 35.1 Å². The van der Waals surface area contributed by atoms with E-state index in [1.54, 1.807) is 21.9 Å². The van der Waals surface area contributed by atoms with Gasteiger partial charge in [0.25, 0.3) is 0 Å². The van der Waals surface area contributed by atoms with Crippen LogP contribution in [0.5, 0.6) is 0 Å². The van der Waals surface area contributed by atoms with Gasteiger partial charge in [-0.05, 0) is 25.1 Å². The van der Waals surface area contributed by atoms with Crippen molar-refractivity contribution in [1.82, 2.24) is 0 Å². The summed E-state index contributed by atoms with van der Waals surface area (Å²) in [6.07, 6.45) is 0. The average molecular weight is 266 g/mol. The summed E-state index contributed by atoms with van der Waals surface area (Å²) in [5.74, 6) is -0.0944. The average Bonchev–Trinajstić information content (AvgIpc) is 2.46. The Hall–Kier alpha value is -0.970. The van der Waals surface area contributed by atoms with E-state index in [0.29, 0.717) is 6.04 Å². The number of piperazine rings is 1. The minimum absolute atomic E-state index is 0.0944. The van der Waals surface area contributed by atoms with E-state index in [4.69, 9.17) is 0 Å². The van der Waals surface area contributed by atoms with Gasteiger partial charge in [-0.2, -0.15) is 0 Å². The van der Waals surface area contributed by atoms with Gasteiger partial charge in [-0.25, -0.2) is 4.39 Å². The molecule has 1 saturated heterocycles. The lowest BCUT2D eigenvalue weighted by molar-refractivity contribution is -1.03. The number of hydrogen-bond acceptors (Lipinski definition) is 0. The normalized spacial score (nSPS) is 30.9. The zero-order valence-corrected chi connectivity index (χ0v) is 11.7. The third kappa shape index (κ3) is 2.66. The summed E-state index contributed by atoms with van der Waals surface area (Å²) in [7, 11) is 0. The van der Waals surface area contributed by atoms with Crippen molar-refractivity contribution in [3.8, 4) is 0 Å². The van der Waals surface area contributed by atoms with Crippen molar-refractivity contribution in [2.24, 2.45) is 0 Å². The van der Waals surface area contributed by atoms with E-state index < -0.39 is 0 Å². The third-order valence-electron chi connectivity index (χ3n) is 4.84. The number of quaternary nitrogens is 3.